The molecule has 292 valence electrons. The van der Waals surface area contributed by atoms with Crippen LogP contribution in [0.2, 0.25) is 0 Å². The van der Waals surface area contributed by atoms with E-state index in [-0.39, 0.29) is 36.4 Å². The Morgan fingerprint density at radius 3 is 2.45 bits per heavy atom. The largest absolute Gasteiger partial charge is 0.496 e. The van der Waals surface area contributed by atoms with Gasteiger partial charge in [0.05, 0.1) is 26.2 Å². The molecule has 4 fully saturated rings. The Bertz CT molecular complexity index is 1630. The van der Waals surface area contributed by atoms with Crippen molar-refractivity contribution in [3.05, 3.63) is 47.5 Å². The third-order valence-corrected chi connectivity index (χ3v) is 12.2. The molecular weight excluding hydrogens is 674 g/mol. The third kappa shape index (κ3) is 8.44. The number of fused-ring (bicyclic) bond motifs is 2. The van der Waals surface area contributed by atoms with Gasteiger partial charge < -0.3 is 35.4 Å². The Morgan fingerprint density at radius 2 is 1.85 bits per heavy atom. The number of nitrogens with zero attached hydrogens (tertiary/aromatic N) is 2. The standard InChI is InChI=1S/C41H61N5O7/c1-23(2)14-15-43-40(50)52-25(4)35-34(22-47)53-46(36(35)39(49)44-33-20-29-19-32(24(33)3)41(29,5)6)21-26-12-11-13-31(37(26)51-10)27-16-28(38(48)42-7)18-30(17-27)45(8)9/h11-13,16-18,23-25,29,32-36,47H,14-15,19-22H2,1-10H3,(H,42,48)(H,43,50)(H,44,49)/t24-,25?,29+,32-,33-,34-,35?,36-/m0/s1. The van der Waals surface area contributed by atoms with E-state index >= 15 is 0 Å². The number of hydroxylamine groups is 2. The second-order valence-electron chi connectivity index (χ2n) is 16.5. The molecule has 8 atom stereocenters. The monoisotopic (exact) mass is 735 g/mol. The van der Waals surface area contributed by atoms with Crippen molar-refractivity contribution < 1.29 is 33.8 Å². The number of benzene rings is 2. The first-order chi connectivity index (χ1) is 25.1. The maximum absolute atomic E-state index is 14.6. The summed E-state index contributed by atoms with van der Waals surface area (Å²) in [6, 6.07) is 10.5. The number of para-hydroxylation sites is 1. The maximum atomic E-state index is 14.6. The van der Waals surface area contributed by atoms with Crippen molar-refractivity contribution in [1.82, 2.24) is 21.0 Å². The van der Waals surface area contributed by atoms with Gasteiger partial charge in [-0.1, -0.05) is 52.8 Å². The Kier molecular flexibility index (Phi) is 12.7. The predicted octanol–water partition coefficient (Wildman–Crippen LogP) is 5.23. The summed E-state index contributed by atoms with van der Waals surface area (Å²) in [7, 11) is 7.03. The van der Waals surface area contributed by atoms with Crippen molar-refractivity contribution >= 4 is 23.6 Å². The number of carbonyl (C=O) groups is 3. The number of methoxy groups -OCH3 is 1. The van der Waals surface area contributed by atoms with Crippen LogP contribution in [0.5, 0.6) is 5.75 Å². The first-order valence-corrected chi connectivity index (χ1v) is 19.1. The van der Waals surface area contributed by atoms with Crippen molar-refractivity contribution in [3.8, 4) is 16.9 Å². The van der Waals surface area contributed by atoms with E-state index in [1.807, 2.05) is 55.4 Å². The average molecular weight is 736 g/mol. The van der Waals surface area contributed by atoms with Crippen LogP contribution in [0, 0.1) is 35.0 Å². The summed E-state index contributed by atoms with van der Waals surface area (Å²) in [6.07, 6.45) is 0.766. The summed E-state index contributed by atoms with van der Waals surface area (Å²) >= 11 is 0. The summed E-state index contributed by atoms with van der Waals surface area (Å²) < 4.78 is 11.9. The summed E-state index contributed by atoms with van der Waals surface area (Å²) in [6.45, 7) is 13.1. The van der Waals surface area contributed by atoms with Crippen LogP contribution in [-0.2, 0) is 20.9 Å². The summed E-state index contributed by atoms with van der Waals surface area (Å²) in [5.74, 6) is 1.27. The highest BCUT2D eigenvalue weighted by Gasteiger charge is 2.57. The minimum Gasteiger partial charge on any atom is -0.496 e. The average Bonchev–Trinajstić information content (AvgIpc) is 3.49. The lowest BCUT2D eigenvalue weighted by atomic mass is 9.45. The van der Waals surface area contributed by atoms with Crippen LogP contribution in [-0.4, -0.2) is 93.8 Å². The fraction of sp³-hybridized carbons (Fsp3) is 0.634. The van der Waals surface area contributed by atoms with E-state index in [2.05, 4.69) is 50.6 Å². The predicted molar refractivity (Wildman–Crippen MR) is 205 cm³/mol. The van der Waals surface area contributed by atoms with Crippen LogP contribution >= 0.6 is 0 Å². The fourth-order valence-corrected chi connectivity index (χ4v) is 8.87. The molecule has 4 aliphatic rings. The molecule has 6 rings (SSSR count). The number of ether oxygens (including phenoxy) is 2. The molecule has 3 saturated carbocycles. The number of hydrogen-bond acceptors (Lipinski definition) is 9. The minimum atomic E-state index is -0.880. The van der Waals surface area contributed by atoms with Gasteiger partial charge in [-0.3, -0.25) is 14.4 Å². The van der Waals surface area contributed by atoms with E-state index in [0.717, 1.165) is 35.2 Å². The molecule has 12 nitrogen and oxygen atoms in total. The molecule has 1 aliphatic heterocycles. The van der Waals surface area contributed by atoms with Crippen molar-refractivity contribution in [2.24, 2.45) is 35.0 Å². The Hall–Kier alpha value is -3.87. The van der Waals surface area contributed by atoms with Crippen molar-refractivity contribution in [2.75, 3.05) is 46.3 Å². The van der Waals surface area contributed by atoms with Gasteiger partial charge in [0.15, 0.2) is 0 Å². The highest BCUT2D eigenvalue weighted by Crippen LogP contribution is 2.61. The lowest BCUT2D eigenvalue weighted by Crippen LogP contribution is -2.62. The Morgan fingerprint density at radius 1 is 1.11 bits per heavy atom. The normalized spacial score (nSPS) is 26.7. The van der Waals surface area contributed by atoms with E-state index in [9.17, 15) is 19.5 Å². The molecule has 4 N–H and O–H groups in total. The summed E-state index contributed by atoms with van der Waals surface area (Å²) in [5, 5.41) is 21.2. The van der Waals surface area contributed by atoms with Crippen LogP contribution in [0.15, 0.2) is 36.4 Å². The molecule has 1 heterocycles. The molecule has 2 unspecified atom stereocenters. The molecule has 0 spiro atoms. The highest BCUT2D eigenvalue weighted by molar-refractivity contribution is 5.97. The first kappa shape index (κ1) is 40.3. The number of nitrogens with one attached hydrogen (secondary N) is 3. The minimum absolute atomic E-state index is 0.00172. The van der Waals surface area contributed by atoms with Crippen LogP contribution in [0.4, 0.5) is 10.5 Å². The van der Waals surface area contributed by atoms with Gasteiger partial charge in [-0.2, -0.15) is 5.06 Å². The van der Waals surface area contributed by atoms with Gasteiger partial charge in [-0.15, -0.1) is 0 Å². The highest BCUT2D eigenvalue weighted by atomic mass is 16.7. The van der Waals surface area contributed by atoms with Gasteiger partial charge in [0.1, 0.15) is 24.0 Å². The SMILES string of the molecule is CNC(=O)c1cc(-c2cccc(CN3O[C@@H](CO)C(C(C)OC(=O)NCCC(C)C)[C@H]3C(=O)N[C@H]3C[C@H]4C[C@@H]([C@@H]3C)C4(C)C)c2OC)cc(N(C)C)c1. The lowest BCUT2D eigenvalue weighted by molar-refractivity contribution is -0.183. The molecule has 1 saturated heterocycles. The fourth-order valence-electron chi connectivity index (χ4n) is 8.87. The van der Waals surface area contributed by atoms with Gasteiger partial charge in [-0.25, -0.2) is 4.79 Å². The zero-order valence-electron chi connectivity index (χ0n) is 33.2. The molecule has 0 radical (unpaired) electrons. The Balaban J connectivity index is 1.47. The van der Waals surface area contributed by atoms with Crippen LogP contribution in [0.3, 0.4) is 0 Å². The van der Waals surface area contributed by atoms with E-state index in [0.29, 0.717) is 41.5 Å². The number of hydrogen-bond donors (Lipinski definition) is 4. The zero-order valence-corrected chi connectivity index (χ0v) is 33.2. The van der Waals surface area contributed by atoms with Crippen molar-refractivity contribution in [3.63, 3.8) is 0 Å². The van der Waals surface area contributed by atoms with Gasteiger partial charge in [0, 0.05) is 56.1 Å². The summed E-state index contributed by atoms with van der Waals surface area (Å²) in [5.41, 5.74) is 3.91. The number of alkyl carbamates (subject to hydrolysis) is 1. The molecule has 3 aliphatic carbocycles. The number of rotatable bonds is 14. The summed E-state index contributed by atoms with van der Waals surface area (Å²) in [4.78, 5) is 48.6. The molecule has 12 heteroatoms. The van der Waals surface area contributed by atoms with Crippen molar-refractivity contribution in [2.45, 2.75) is 91.6 Å². The third-order valence-electron chi connectivity index (χ3n) is 12.2. The van der Waals surface area contributed by atoms with Crippen LogP contribution in [0.1, 0.15) is 76.7 Å². The van der Waals surface area contributed by atoms with E-state index in [4.69, 9.17) is 14.3 Å². The molecular formula is C41H61N5O7. The van der Waals surface area contributed by atoms with Gasteiger partial charge in [-0.05, 0) is 79.0 Å². The topological polar surface area (TPSA) is 142 Å². The lowest BCUT2D eigenvalue weighted by Gasteiger charge is -2.62. The number of anilines is 1. The zero-order chi connectivity index (χ0) is 38.8. The van der Waals surface area contributed by atoms with E-state index in [1.165, 1.54) is 6.42 Å². The molecule has 2 aromatic carbocycles. The molecule has 2 bridgehead atoms. The quantitative estimate of drug-likeness (QED) is 0.205. The molecule has 0 aromatic heterocycles. The van der Waals surface area contributed by atoms with Crippen LogP contribution < -0.4 is 25.6 Å². The smallest absolute Gasteiger partial charge is 0.407 e. The van der Waals surface area contributed by atoms with Crippen molar-refractivity contribution in [1.29, 1.82) is 0 Å². The molecule has 2 aromatic rings. The number of aliphatic hydroxyl groups excluding tert-OH is 1. The second kappa shape index (κ2) is 16.7. The Labute approximate surface area is 315 Å². The molecule has 3 amide bonds. The number of amides is 3. The van der Waals surface area contributed by atoms with Crippen LogP contribution in [0.25, 0.3) is 11.1 Å². The van der Waals surface area contributed by atoms with Gasteiger partial charge >= 0.3 is 6.09 Å². The number of carbonyl (C=O) groups excluding carboxylic acids is 3. The molecule has 53 heavy (non-hydrogen) atoms. The second-order valence-corrected chi connectivity index (χ2v) is 16.5. The first-order valence-electron chi connectivity index (χ1n) is 19.1. The van der Waals surface area contributed by atoms with E-state index in [1.54, 1.807) is 26.1 Å². The number of aliphatic hydroxyl groups is 1. The van der Waals surface area contributed by atoms with E-state index < -0.39 is 30.3 Å². The van der Waals surface area contributed by atoms with Gasteiger partial charge in [0.2, 0.25) is 5.91 Å². The van der Waals surface area contributed by atoms with Gasteiger partial charge in [0.25, 0.3) is 5.91 Å². The maximum Gasteiger partial charge on any atom is 0.407 e.